The highest BCUT2D eigenvalue weighted by molar-refractivity contribution is 7.90. The van der Waals surface area contributed by atoms with Crippen molar-refractivity contribution in [3.05, 3.63) is 156 Å². The van der Waals surface area contributed by atoms with Gasteiger partial charge in [0.05, 0.1) is 37.0 Å². The van der Waals surface area contributed by atoms with Gasteiger partial charge in [-0.15, -0.1) is 0 Å². The minimum atomic E-state index is -4.34. The van der Waals surface area contributed by atoms with Gasteiger partial charge in [0.15, 0.2) is 15.1 Å². The maximum absolute atomic E-state index is 13.6. The lowest BCUT2D eigenvalue weighted by Gasteiger charge is -2.33. The summed E-state index contributed by atoms with van der Waals surface area (Å²) in [4.78, 5) is 72.2. The Hall–Kier alpha value is -9.16. The van der Waals surface area contributed by atoms with Gasteiger partial charge in [0.2, 0.25) is 5.88 Å². The second-order valence-electron chi connectivity index (χ2n) is 27.6. The first kappa shape index (κ1) is 75.1. The number of nitrogens with zero attached hydrogens (tertiary/aromatic N) is 10. The number of alkyl halides is 2. The van der Waals surface area contributed by atoms with Gasteiger partial charge >= 0.3 is 0 Å². The second-order valence-corrected chi connectivity index (χ2v) is 32.5. The lowest BCUT2D eigenvalue weighted by Crippen LogP contribution is -2.41. The van der Waals surface area contributed by atoms with Gasteiger partial charge < -0.3 is 34.4 Å². The van der Waals surface area contributed by atoms with Crippen molar-refractivity contribution in [1.29, 1.82) is 0 Å². The van der Waals surface area contributed by atoms with E-state index in [0.717, 1.165) is 56.5 Å². The van der Waals surface area contributed by atoms with E-state index < -0.39 is 65.3 Å². The van der Waals surface area contributed by atoms with Crippen LogP contribution in [0.5, 0.6) is 11.6 Å². The molecule has 4 fully saturated rings. The van der Waals surface area contributed by atoms with E-state index in [1.807, 2.05) is 36.1 Å². The van der Waals surface area contributed by atoms with E-state index in [-0.39, 0.29) is 68.0 Å². The summed E-state index contributed by atoms with van der Waals surface area (Å²) >= 11 is 0. The number of sulfonamides is 3. The van der Waals surface area contributed by atoms with E-state index >= 15 is 0 Å². The van der Waals surface area contributed by atoms with E-state index in [4.69, 9.17) is 9.47 Å². The zero-order valence-corrected chi connectivity index (χ0v) is 60.5. The maximum atomic E-state index is 13.6. The van der Waals surface area contributed by atoms with Crippen molar-refractivity contribution >= 4 is 76.9 Å². The highest BCUT2D eigenvalue weighted by Gasteiger charge is 2.43. The third kappa shape index (κ3) is 18.4. The highest BCUT2D eigenvalue weighted by atomic mass is 32.2. The number of unbranched alkanes of at least 4 members (excludes halogenated alkanes) is 1. The number of amides is 3. The van der Waals surface area contributed by atoms with Crippen LogP contribution < -0.4 is 48.6 Å². The molecule has 3 unspecified atom stereocenters. The van der Waals surface area contributed by atoms with Crippen molar-refractivity contribution in [3.63, 3.8) is 0 Å². The predicted octanol–water partition coefficient (Wildman–Crippen LogP) is 10.3. The summed E-state index contributed by atoms with van der Waals surface area (Å²) in [6.45, 7) is 23.5. The molecule has 3 amide bonds. The average Bonchev–Trinajstić information content (AvgIpc) is 1.57. The Morgan fingerprint density at radius 1 is 0.560 bits per heavy atom. The molecule has 100 heavy (non-hydrogen) atoms. The van der Waals surface area contributed by atoms with Gasteiger partial charge in [-0.1, -0.05) is 64.4 Å². The number of nitrogens with one attached hydrogen (secondary N) is 4. The summed E-state index contributed by atoms with van der Waals surface area (Å²) in [5.74, 6) is -1.10. The number of rotatable bonds is 21. The van der Waals surface area contributed by atoms with Crippen LogP contribution in [0.3, 0.4) is 0 Å². The molecule has 4 aliphatic heterocycles. The van der Waals surface area contributed by atoms with Crippen LogP contribution in [0.1, 0.15) is 144 Å². The van der Waals surface area contributed by atoms with Gasteiger partial charge in [0, 0.05) is 80.4 Å². The van der Waals surface area contributed by atoms with Gasteiger partial charge in [0.1, 0.15) is 34.8 Å². The lowest BCUT2D eigenvalue weighted by atomic mass is 9.97. The number of benzene rings is 1. The number of carbonyl (C=O) groups is 3. The highest BCUT2D eigenvalue weighted by Crippen LogP contribution is 2.40. The number of aromatic nitrogens is 6. The van der Waals surface area contributed by atoms with E-state index in [0.29, 0.717) is 60.7 Å². The SMILES string of the molecule is CC1CN(c2ncccc2C(=O)NS(=O)(=O)c2cccc(N3CCC(F)(F)C3)n2)C(C)(C)C1.CCCCOc1cccc(S(=O)(=O)NC(=O)c2cccnc2N2CC(C)CC2(C)C)n1.COc1cccc(CNc2cccc(S(=O)(=O)NC(=O)c3cccnc3N3CC(C)CC3(C)C)n2)c1. The molecule has 0 radical (unpaired) electrons. The molecule has 0 saturated carbocycles. The molecule has 4 saturated heterocycles. The van der Waals surface area contributed by atoms with Crippen molar-refractivity contribution in [2.75, 3.05) is 71.4 Å². The van der Waals surface area contributed by atoms with Crippen molar-refractivity contribution < 1.29 is 57.9 Å². The third-order valence-electron chi connectivity index (χ3n) is 17.6. The third-order valence-corrected chi connectivity index (χ3v) is 21.3. The van der Waals surface area contributed by atoms with Gasteiger partial charge in [-0.25, -0.2) is 47.9 Å². The summed E-state index contributed by atoms with van der Waals surface area (Å²) in [7, 11) is -11.1. The number of ether oxygens (including phenoxy) is 2. The fourth-order valence-electron chi connectivity index (χ4n) is 13.2. The first-order valence-electron chi connectivity index (χ1n) is 33.0. The quantitative estimate of drug-likeness (QED) is 0.0486. The number of methoxy groups -OCH3 is 1. The Morgan fingerprint density at radius 3 is 1.41 bits per heavy atom. The summed E-state index contributed by atoms with van der Waals surface area (Å²) in [6, 6.07) is 30.2. The zero-order valence-electron chi connectivity index (χ0n) is 58.1. The number of hydrogen-bond donors (Lipinski definition) is 4. The van der Waals surface area contributed by atoms with Gasteiger partial charge in [-0.3, -0.25) is 14.4 Å². The monoisotopic (exact) mass is 1430 g/mol. The van der Waals surface area contributed by atoms with E-state index in [1.54, 1.807) is 74.2 Å². The van der Waals surface area contributed by atoms with Crippen LogP contribution in [-0.4, -0.2) is 142 Å². The number of halogens is 2. The van der Waals surface area contributed by atoms with Crippen LogP contribution in [0.15, 0.2) is 149 Å². The largest absolute Gasteiger partial charge is 0.497 e. The molecule has 25 nitrogen and oxygen atoms in total. The topological polar surface area (TPSA) is 311 Å². The summed E-state index contributed by atoms with van der Waals surface area (Å²) in [5, 5.41) is 2.17. The fraction of sp³-hybridized carbons (Fsp3) is 0.443. The Labute approximate surface area is 584 Å². The van der Waals surface area contributed by atoms with Gasteiger partial charge in [0.25, 0.3) is 53.7 Å². The molecule has 7 aromatic rings. The van der Waals surface area contributed by atoms with E-state index in [9.17, 15) is 48.4 Å². The van der Waals surface area contributed by atoms with Crippen molar-refractivity contribution in [2.24, 2.45) is 17.8 Å². The van der Waals surface area contributed by atoms with Gasteiger partial charge in [-0.2, -0.15) is 30.2 Å². The Morgan fingerprint density at radius 2 is 0.990 bits per heavy atom. The Kier molecular flexibility index (Phi) is 23.1. The molecule has 1 aromatic carbocycles. The lowest BCUT2D eigenvalue weighted by molar-refractivity contribution is 0.0256. The second kappa shape index (κ2) is 30.8. The molecule has 4 aliphatic rings. The molecule has 10 heterocycles. The standard InChI is InChI=1S/C26H31N5O4S.C22H27F2N5O3S.C22H30N4O4S/c1-18-15-26(2,3)31(17-18)24-21(10-7-13-27-24)25(32)30-36(33,34)23-12-6-11-22(29-23)28-16-19-8-5-9-20(14-19)35-4;1-15-12-21(2,3)29(13-15)19-16(6-5-10-25-19)20(30)27-33(31,32)18-8-4-7-17(26-18)28-11-9-22(23,24)14-28;1-5-6-13-30-18-10-7-11-19(24-18)31(28,29)25-21(27)17-9-8-12-23-20(17)26-15-16(2)14-22(26,3)4/h5-14,18H,15-17H2,1-4H3,(H,28,29)(H,30,32);4-8,10,15H,9,11-14H2,1-3H3,(H,27,30);7-12,16H,5-6,13-15H2,1-4H3,(H,25,27). The maximum Gasteiger partial charge on any atom is 0.281 e. The molecule has 3 atom stereocenters. The summed E-state index contributed by atoms with van der Waals surface area (Å²) in [6.07, 6.45) is 9.07. The molecule has 0 spiro atoms. The van der Waals surface area contributed by atoms with E-state index in [2.05, 4.69) is 122 Å². The smallest absolute Gasteiger partial charge is 0.281 e. The molecule has 11 rings (SSSR count). The van der Waals surface area contributed by atoms with Crippen LogP contribution in [0.2, 0.25) is 0 Å². The number of anilines is 5. The minimum Gasteiger partial charge on any atom is -0.497 e. The number of carbonyl (C=O) groups excluding carboxylic acids is 3. The van der Waals surface area contributed by atoms with Crippen molar-refractivity contribution in [3.8, 4) is 11.6 Å². The minimum absolute atomic E-state index is 0.0684. The first-order valence-corrected chi connectivity index (χ1v) is 37.5. The van der Waals surface area contributed by atoms with Crippen LogP contribution in [0.4, 0.5) is 37.9 Å². The molecular weight excluding hydrogens is 1350 g/mol. The van der Waals surface area contributed by atoms with Gasteiger partial charge in [-0.05, 0) is 169 Å². The fourth-order valence-corrected chi connectivity index (χ4v) is 16.0. The molecule has 0 bridgehead atoms. The number of pyridine rings is 6. The van der Waals surface area contributed by atoms with E-state index in [1.165, 1.54) is 47.4 Å². The van der Waals surface area contributed by atoms with Crippen LogP contribution in [0, 0.1) is 17.8 Å². The summed E-state index contributed by atoms with van der Waals surface area (Å²) < 4.78 is 122. The van der Waals surface area contributed by atoms with Crippen LogP contribution in [0.25, 0.3) is 0 Å². The average molecular weight is 1440 g/mol. The zero-order chi connectivity index (χ0) is 72.6. The molecule has 0 aliphatic carbocycles. The van der Waals surface area contributed by atoms with Crippen molar-refractivity contribution in [1.82, 2.24) is 44.1 Å². The van der Waals surface area contributed by atoms with Crippen LogP contribution >= 0.6 is 0 Å². The predicted molar refractivity (Wildman–Crippen MR) is 377 cm³/mol. The molecule has 536 valence electrons. The summed E-state index contributed by atoms with van der Waals surface area (Å²) in [5.41, 5.74) is 0.869. The molecular formula is C70H88F2N14O11S3. The molecule has 4 N–H and O–H groups in total. The van der Waals surface area contributed by atoms with Crippen LogP contribution in [-0.2, 0) is 36.6 Å². The first-order chi connectivity index (χ1) is 47.1. The van der Waals surface area contributed by atoms with Crippen molar-refractivity contribution in [2.45, 2.75) is 152 Å². The normalized spacial score (nSPS) is 18.9. The number of hydrogen-bond acceptors (Lipinski definition) is 22. The molecule has 30 heteroatoms. The molecule has 6 aromatic heterocycles. The Bertz CT molecular complexity index is 4460. The Balaban J connectivity index is 0.000000175.